The first-order valence-corrected chi connectivity index (χ1v) is 7.27. The van der Waals surface area contributed by atoms with E-state index in [1.807, 2.05) is 31.2 Å². The summed E-state index contributed by atoms with van der Waals surface area (Å²) in [6.07, 6.45) is 0. The first-order chi connectivity index (χ1) is 8.63. The summed E-state index contributed by atoms with van der Waals surface area (Å²) in [7, 11) is 0. The third-order valence-corrected chi connectivity index (χ3v) is 5.14. The number of hydrogen-bond acceptors (Lipinski definition) is 2. The number of halogens is 1. The van der Waals surface area contributed by atoms with Gasteiger partial charge in [0.05, 0.1) is 0 Å². The van der Waals surface area contributed by atoms with Crippen LogP contribution in [0.2, 0.25) is 0 Å². The predicted molar refractivity (Wildman–Crippen MR) is 73.2 cm³/mol. The van der Waals surface area contributed by atoms with E-state index in [-0.39, 0.29) is 20.3 Å². The van der Waals surface area contributed by atoms with Crippen LogP contribution in [-0.4, -0.2) is 19.5 Å². The molecule has 0 aliphatic carbocycles. The summed E-state index contributed by atoms with van der Waals surface area (Å²) < 4.78 is 15.3. The van der Waals surface area contributed by atoms with Gasteiger partial charge in [-0.1, -0.05) is 0 Å². The maximum absolute atomic E-state index is 13.1. The van der Waals surface area contributed by atoms with Gasteiger partial charge in [0.2, 0.25) is 0 Å². The molecule has 3 rings (SSSR count). The van der Waals surface area contributed by atoms with Crippen molar-refractivity contribution in [3.8, 4) is 10.1 Å². The van der Waals surface area contributed by atoms with E-state index >= 15 is 0 Å². The van der Waals surface area contributed by atoms with Gasteiger partial charge in [0.1, 0.15) is 0 Å². The van der Waals surface area contributed by atoms with Crippen molar-refractivity contribution in [2.75, 3.05) is 5.73 Å². The Morgan fingerprint density at radius 2 is 2.00 bits per heavy atom. The number of aromatic nitrogens is 1. The number of aryl methyl sites for hydroxylation is 1. The Kier molecular flexibility index (Phi) is 2.69. The number of nitrogen functional groups attached to an aromatic ring is 1. The molecular weight excluding hydrogens is 294 g/mol. The van der Waals surface area contributed by atoms with Crippen LogP contribution in [0.1, 0.15) is 5.56 Å². The van der Waals surface area contributed by atoms with Gasteiger partial charge >= 0.3 is 110 Å². The minimum atomic E-state index is -0.233. The first kappa shape index (κ1) is 11.4. The molecule has 0 radical (unpaired) electrons. The van der Waals surface area contributed by atoms with E-state index in [2.05, 4.69) is 4.98 Å². The van der Waals surface area contributed by atoms with Crippen molar-refractivity contribution >= 4 is 30.0 Å². The summed E-state index contributed by atoms with van der Waals surface area (Å²) in [5, 5.41) is 0. The molecule has 2 aromatic carbocycles. The summed E-state index contributed by atoms with van der Waals surface area (Å²) in [6.45, 7) is 1.98. The number of rotatable bonds is 1. The third kappa shape index (κ3) is 1.94. The maximum atomic E-state index is 13.1. The Morgan fingerprint density at radius 3 is 2.78 bits per heavy atom. The Morgan fingerprint density at radius 1 is 1.17 bits per heavy atom. The van der Waals surface area contributed by atoms with Crippen molar-refractivity contribution in [3.63, 3.8) is 0 Å². The van der Waals surface area contributed by atoms with E-state index < -0.39 is 0 Å². The molecule has 3 aromatic rings. The monoisotopic (exact) mass is 306 g/mol. The van der Waals surface area contributed by atoms with Crippen LogP contribution in [0.25, 0.3) is 19.9 Å². The van der Waals surface area contributed by atoms with Gasteiger partial charge in [-0.05, 0) is 0 Å². The fourth-order valence-electron chi connectivity index (χ4n) is 1.83. The molecule has 0 fully saturated rings. The van der Waals surface area contributed by atoms with E-state index in [0.29, 0.717) is 0 Å². The van der Waals surface area contributed by atoms with Gasteiger partial charge < -0.3 is 0 Å². The molecule has 90 valence electrons. The van der Waals surface area contributed by atoms with Crippen molar-refractivity contribution in [1.29, 1.82) is 0 Å². The molecule has 2 N–H and O–H groups in total. The molecule has 0 saturated heterocycles. The van der Waals surface area contributed by atoms with Crippen molar-refractivity contribution < 1.29 is 4.39 Å². The number of hydrogen-bond donors (Lipinski definition) is 1. The van der Waals surface area contributed by atoms with Crippen LogP contribution in [0.3, 0.4) is 0 Å². The van der Waals surface area contributed by atoms with E-state index in [9.17, 15) is 4.39 Å². The van der Waals surface area contributed by atoms with Gasteiger partial charge in [0, 0.05) is 0 Å². The normalized spacial score (nSPS) is 11.0. The van der Waals surface area contributed by atoms with Gasteiger partial charge in [-0.15, -0.1) is 0 Å². The second-order valence-corrected chi connectivity index (χ2v) is 6.36. The molecule has 4 heteroatoms. The molecule has 0 bridgehead atoms. The van der Waals surface area contributed by atoms with Gasteiger partial charge in [-0.2, -0.15) is 0 Å². The molecule has 0 aliphatic heterocycles. The second kappa shape index (κ2) is 4.23. The minimum absolute atomic E-state index is 0.144. The van der Waals surface area contributed by atoms with Crippen LogP contribution in [0, 0.1) is 12.7 Å². The number of benzene rings is 2. The standard InChI is InChI=1S/C14H11FN2Se/c1-8-6-9(2-4-11(8)16)14-17-12-7-10(15)3-5-13(12)18-14/h2-7H,16H2,1H3. The SMILES string of the molecule is Cc1cc(-c2nc3cc(F)ccc3[se]2)ccc1N. The Hall–Kier alpha value is -1.64. The van der Waals surface area contributed by atoms with Gasteiger partial charge in [-0.3, -0.25) is 0 Å². The summed E-state index contributed by atoms with van der Waals surface area (Å²) >= 11 is 0.144. The third-order valence-electron chi connectivity index (χ3n) is 2.87. The van der Waals surface area contributed by atoms with Crippen LogP contribution in [-0.2, 0) is 0 Å². The second-order valence-electron chi connectivity index (χ2n) is 4.20. The molecule has 0 aliphatic rings. The van der Waals surface area contributed by atoms with E-state index in [1.165, 1.54) is 12.1 Å². The predicted octanol–water partition coefficient (Wildman–Crippen LogP) is 2.99. The number of nitrogens with zero attached hydrogens (tertiary/aromatic N) is 1. The fourth-order valence-corrected chi connectivity index (χ4v) is 3.81. The molecule has 2 nitrogen and oxygen atoms in total. The average molecular weight is 305 g/mol. The molecule has 0 spiro atoms. The molecule has 0 atom stereocenters. The van der Waals surface area contributed by atoms with Crippen LogP contribution in [0.4, 0.5) is 10.1 Å². The molecule has 18 heavy (non-hydrogen) atoms. The summed E-state index contributed by atoms with van der Waals surface area (Å²) in [5.74, 6) is -0.233. The van der Waals surface area contributed by atoms with Crippen LogP contribution in [0.15, 0.2) is 36.4 Å². The summed E-state index contributed by atoms with van der Waals surface area (Å²) in [6, 6.07) is 10.7. The van der Waals surface area contributed by atoms with Crippen molar-refractivity contribution in [2.45, 2.75) is 6.92 Å². The van der Waals surface area contributed by atoms with Gasteiger partial charge in [0.15, 0.2) is 0 Å². The van der Waals surface area contributed by atoms with Gasteiger partial charge in [-0.25, -0.2) is 0 Å². The van der Waals surface area contributed by atoms with E-state index in [0.717, 1.165) is 31.2 Å². The fraction of sp³-hybridized carbons (Fsp3) is 0.0714. The average Bonchev–Trinajstić information content (AvgIpc) is 2.75. The zero-order valence-corrected chi connectivity index (χ0v) is 11.5. The van der Waals surface area contributed by atoms with E-state index in [4.69, 9.17) is 5.73 Å². The number of fused-ring (bicyclic) bond motifs is 1. The number of nitrogens with two attached hydrogens (primary N) is 1. The van der Waals surface area contributed by atoms with Crippen molar-refractivity contribution in [1.82, 2.24) is 4.98 Å². The molecular formula is C14H11FN2Se. The van der Waals surface area contributed by atoms with Gasteiger partial charge in [0.25, 0.3) is 0 Å². The zero-order valence-electron chi connectivity index (χ0n) is 9.77. The zero-order chi connectivity index (χ0) is 12.7. The Bertz CT molecular complexity index is 734. The quantitative estimate of drug-likeness (QED) is 0.554. The van der Waals surface area contributed by atoms with E-state index in [1.54, 1.807) is 0 Å². The van der Waals surface area contributed by atoms with Crippen LogP contribution in [0.5, 0.6) is 0 Å². The molecule has 0 saturated carbocycles. The molecule has 0 amide bonds. The van der Waals surface area contributed by atoms with Crippen LogP contribution >= 0.6 is 0 Å². The summed E-state index contributed by atoms with van der Waals surface area (Å²) in [4.78, 5) is 4.52. The Labute approximate surface area is 110 Å². The number of anilines is 1. The molecule has 1 heterocycles. The van der Waals surface area contributed by atoms with Crippen LogP contribution < -0.4 is 5.73 Å². The van der Waals surface area contributed by atoms with Crippen molar-refractivity contribution in [2.24, 2.45) is 0 Å². The topological polar surface area (TPSA) is 38.9 Å². The first-order valence-electron chi connectivity index (χ1n) is 5.56. The summed E-state index contributed by atoms with van der Waals surface area (Å²) in [5.41, 5.74) is 9.49. The molecule has 0 unspecified atom stereocenters. The Balaban J connectivity index is 2.16. The van der Waals surface area contributed by atoms with Crippen molar-refractivity contribution in [3.05, 3.63) is 47.8 Å². The molecule has 1 aromatic heterocycles.